The van der Waals surface area contributed by atoms with Gasteiger partial charge >= 0.3 is 0 Å². The minimum absolute atomic E-state index is 0.0194. The van der Waals surface area contributed by atoms with Gasteiger partial charge in [0.25, 0.3) is 0 Å². The monoisotopic (exact) mass is 282 g/mol. The van der Waals surface area contributed by atoms with E-state index in [-0.39, 0.29) is 12.0 Å². The van der Waals surface area contributed by atoms with E-state index >= 15 is 0 Å². The Morgan fingerprint density at radius 2 is 1.79 bits per heavy atom. The molecular weight excluding hydrogens is 256 g/mol. The van der Waals surface area contributed by atoms with Gasteiger partial charge in [-0.05, 0) is 25.9 Å². The molecule has 0 atom stereocenters. The summed E-state index contributed by atoms with van der Waals surface area (Å²) in [5.41, 5.74) is 1.09. The highest BCUT2D eigenvalue weighted by Crippen LogP contribution is 2.30. The molecule has 1 aliphatic heterocycles. The minimum Gasteiger partial charge on any atom is -0.391 e. The van der Waals surface area contributed by atoms with Crippen molar-refractivity contribution < 1.29 is 5.11 Å². The fraction of sp³-hybridized carbons (Fsp3) is 0.800. The van der Waals surface area contributed by atoms with Crippen molar-refractivity contribution in [1.82, 2.24) is 9.88 Å². The number of aliphatic hydroxyl groups excluding tert-OH is 1. The summed E-state index contributed by atoms with van der Waals surface area (Å²) in [6.45, 7) is 9.95. The molecule has 0 saturated carbocycles. The molecule has 0 aliphatic carbocycles. The van der Waals surface area contributed by atoms with Crippen molar-refractivity contribution in [1.29, 1.82) is 0 Å². The number of hydrogen-bond donors (Lipinski definition) is 1. The van der Waals surface area contributed by atoms with Gasteiger partial charge in [0.2, 0.25) is 0 Å². The third-order valence-electron chi connectivity index (χ3n) is 3.65. The largest absolute Gasteiger partial charge is 0.391 e. The van der Waals surface area contributed by atoms with Gasteiger partial charge < -0.3 is 5.11 Å². The van der Waals surface area contributed by atoms with E-state index in [9.17, 15) is 5.11 Å². The molecule has 1 aromatic heterocycles. The van der Waals surface area contributed by atoms with Gasteiger partial charge in [-0.3, -0.25) is 4.90 Å². The van der Waals surface area contributed by atoms with Gasteiger partial charge in [-0.1, -0.05) is 33.6 Å². The molecular formula is C15H26N2OS. The van der Waals surface area contributed by atoms with Crippen molar-refractivity contribution in [3.63, 3.8) is 0 Å². The predicted octanol–water partition coefficient (Wildman–Crippen LogP) is 3.31. The average Bonchev–Trinajstić information content (AvgIpc) is 2.59. The third-order valence-corrected chi connectivity index (χ3v) is 4.68. The van der Waals surface area contributed by atoms with Crippen molar-refractivity contribution in [3.05, 3.63) is 15.6 Å². The lowest BCUT2D eigenvalue weighted by molar-refractivity contribution is 0.276. The maximum absolute atomic E-state index is 9.50. The van der Waals surface area contributed by atoms with E-state index in [0.29, 0.717) is 0 Å². The summed E-state index contributed by atoms with van der Waals surface area (Å²) in [6, 6.07) is 0. The molecule has 2 rings (SSSR count). The van der Waals surface area contributed by atoms with Crippen LogP contribution in [-0.2, 0) is 18.6 Å². The van der Waals surface area contributed by atoms with Crippen LogP contribution >= 0.6 is 11.3 Å². The Morgan fingerprint density at radius 3 is 2.26 bits per heavy atom. The molecule has 0 spiro atoms. The summed E-state index contributed by atoms with van der Waals surface area (Å²) in [5, 5.41) is 10.7. The van der Waals surface area contributed by atoms with E-state index in [4.69, 9.17) is 4.98 Å². The van der Waals surface area contributed by atoms with Crippen LogP contribution in [0.4, 0.5) is 0 Å². The summed E-state index contributed by atoms with van der Waals surface area (Å²) in [5.74, 6) is 0. The normalized spacial score (nSPS) is 18.5. The number of nitrogens with zero attached hydrogens (tertiary/aromatic N) is 2. The molecule has 1 N–H and O–H groups in total. The number of aromatic nitrogens is 1. The second kappa shape index (κ2) is 6.33. The van der Waals surface area contributed by atoms with Crippen LogP contribution < -0.4 is 0 Å². The predicted molar refractivity (Wildman–Crippen MR) is 80.5 cm³/mol. The van der Waals surface area contributed by atoms with Crippen molar-refractivity contribution >= 4 is 11.3 Å². The third kappa shape index (κ3) is 4.01. The summed E-state index contributed by atoms with van der Waals surface area (Å²) in [4.78, 5) is 8.35. The maximum Gasteiger partial charge on any atom is 0.107 e. The molecule has 1 aliphatic rings. The Hall–Kier alpha value is -0.450. The molecule has 1 aromatic rings. The maximum atomic E-state index is 9.50. The van der Waals surface area contributed by atoms with Crippen LogP contribution in [0, 0.1) is 0 Å². The van der Waals surface area contributed by atoms with E-state index in [2.05, 4.69) is 25.7 Å². The van der Waals surface area contributed by atoms with Gasteiger partial charge in [-0.15, -0.1) is 11.3 Å². The molecule has 1 fully saturated rings. The Kier molecular flexibility index (Phi) is 4.98. The number of thiazole rings is 1. The van der Waals surface area contributed by atoms with Gasteiger partial charge in [-0.25, -0.2) is 4.98 Å². The Morgan fingerprint density at radius 1 is 1.16 bits per heavy atom. The Bertz CT molecular complexity index is 401. The van der Waals surface area contributed by atoms with Crippen LogP contribution in [0.1, 0.15) is 62.0 Å². The van der Waals surface area contributed by atoms with Crippen molar-refractivity contribution in [2.45, 2.75) is 65.0 Å². The number of aliphatic hydroxyl groups is 1. The first-order valence-electron chi connectivity index (χ1n) is 7.33. The van der Waals surface area contributed by atoms with Gasteiger partial charge in [0.05, 0.1) is 23.7 Å². The number of likely N-dealkylation sites (tertiary alicyclic amines) is 1. The summed E-state index contributed by atoms with van der Waals surface area (Å²) >= 11 is 1.68. The summed E-state index contributed by atoms with van der Waals surface area (Å²) < 4.78 is 0. The Balaban J connectivity index is 2.10. The van der Waals surface area contributed by atoms with Crippen LogP contribution in [-0.4, -0.2) is 28.1 Å². The van der Waals surface area contributed by atoms with Crippen LogP contribution in [0.15, 0.2) is 0 Å². The van der Waals surface area contributed by atoms with E-state index in [1.165, 1.54) is 38.8 Å². The topological polar surface area (TPSA) is 36.4 Å². The van der Waals surface area contributed by atoms with Crippen LogP contribution in [0.25, 0.3) is 0 Å². The highest BCUT2D eigenvalue weighted by Gasteiger charge is 2.23. The van der Waals surface area contributed by atoms with E-state index < -0.39 is 0 Å². The SMILES string of the molecule is CC(C)(C)c1nc(CN2CCCCCC2)sc1CO. The van der Waals surface area contributed by atoms with E-state index in [0.717, 1.165) is 22.1 Å². The van der Waals surface area contributed by atoms with E-state index in [1.54, 1.807) is 11.3 Å². The molecule has 1 saturated heterocycles. The lowest BCUT2D eigenvalue weighted by atomic mass is 9.91. The first-order chi connectivity index (χ1) is 9.00. The molecule has 4 heteroatoms. The number of rotatable bonds is 3. The summed E-state index contributed by atoms with van der Waals surface area (Å²) in [6.07, 6.45) is 5.35. The molecule has 0 aromatic carbocycles. The molecule has 2 heterocycles. The second-order valence-corrected chi connectivity index (χ2v) is 7.65. The van der Waals surface area contributed by atoms with Gasteiger partial charge in [0.15, 0.2) is 0 Å². The zero-order chi connectivity index (χ0) is 13.9. The minimum atomic E-state index is 0.0194. The van der Waals surface area contributed by atoms with Gasteiger partial charge in [0, 0.05) is 5.41 Å². The highest BCUT2D eigenvalue weighted by atomic mass is 32.1. The fourth-order valence-corrected chi connectivity index (χ4v) is 3.83. The molecule has 0 radical (unpaired) electrons. The van der Waals surface area contributed by atoms with Crippen molar-refractivity contribution in [2.75, 3.05) is 13.1 Å². The fourth-order valence-electron chi connectivity index (χ4n) is 2.65. The van der Waals surface area contributed by atoms with Crippen molar-refractivity contribution in [3.8, 4) is 0 Å². The molecule has 0 amide bonds. The molecule has 3 nitrogen and oxygen atoms in total. The van der Waals surface area contributed by atoms with Crippen LogP contribution in [0.2, 0.25) is 0 Å². The van der Waals surface area contributed by atoms with Crippen LogP contribution in [0.5, 0.6) is 0 Å². The zero-order valence-electron chi connectivity index (χ0n) is 12.4. The first-order valence-corrected chi connectivity index (χ1v) is 8.14. The quantitative estimate of drug-likeness (QED) is 0.924. The van der Waals surface area contributed by atoms with Crippen molar-refractivity contribution in [2.24, 2.45) is 0 Å². The van der Waals surface area contributed by atoms with Gasteiger partial charge in [-0.2, -0.15) is 0 Å². The lowest BCUT2D eigenvalue weighted by Crippen LogP contribution is -2.24. The zero-order valence-corrected chi connectivity index (χ0v) is 13.2. The molecule has 19 heavy (non-hydrogen) atoms. The smallest absolute Gasteiger partial charge is 0.107 e. The Labute approximate surface area is 120 Å². The second-order valence-electron chi connectivity index (χ2n) is 6.48. The molecule has 0 bridgehead atoms. The average molecular weight is 282 g/mol. The first kappa shape index (κ1) is 14.9. The number of hydrogen-bond acceptors (Lipinski definition) is 4. The molecule has 0 unspecified atom stereocenters. The summed E-state index contributed by atoms with van der Waals surface area (Å²) in [7, 11) is 0. The highest BCUT2D eigenvalue weighted by molar-refractivity contribution is 7.11. The van der Waals surface area contributed by atoms with Crippen LogP contribution in [0.3, 0.4) is 0 Å². The molecule has 108 valence electrons. The van der Waals surface area contributed by atoms with Gasteiger partial charge in [0.1, 0.15) is 5.01 Å². The van der Waals surface area contributed by atoms with E-state index in [1.807, 2.05) is 0 Å². The lowest BCUT2D eigenvalue weighted by Gasteiger charge is -2.18. The standard InChI is InChI=1S/C15H26N2OS/c1-15(2,3)14-12(11-18)19-13(16-14)10-17-8-6-4-5-7-9-17/h18H,4-11H2,1-3H3.